The first kappa shape index (κ1) is 88.7. The van der Waals surface area contributed by atoms with Gasteiger partial charge in [0.2, 0.25) is 17.6 Å². The number of hydrogen-bond donors (Lipinski definition) is 3. The molecule has 7 heterocycles. The number of imidazole rings is 1. The van der Waals surface area contributed by atoms with E-state index in [1.165, 1.54) is 58.5 Å². The molecule has 2 saturated heterocycles. The van der Waals surface area contributed by atoms with E-state index in [0.717, 1.165) is 46.6 Å². The number of nitrogens with one attached hydrogen (secondary N) is 2. The average molecular weight is 1650 g/mol. The Morgan fingerprint density at radius 3 is 2.12 bits per heavy atom. The van der Waals surface area contributed by atoms with Gasteiger partial charge in [-0.05, 0) is 137 Å². The average Bonchev–Trinajstić information content (AvgIpc) is 1.60. The second kappa shape index (κ2) is 40.1. The zero-order valence-corrected chi connectivity index (χ0v) is 69.0. The molecule has 6 atom stereocenters. The number of Topliss-reactive ketones (excluding diaryl/α,β-unsaturated/α-hetero) is 4. The zero-order valence-electron chi connectivity index (χ0n) is 69.0. The van der Waals surface area contributed by atoms with Gasteiger partial charge in [-0.2, -0.15) is 0 Å². The van der Waals surface area contributed by atoms with E-state index in [1.807, 2.05) is 30.5 Å². The van der Waals surface area contributed by atoms with Crippen molar-refractivity contribution in [3.05, 3.63) is 173 Å². The molecule has 31 heteroatoms. The number of imide groups is 1. The second-order valence-corrected chi connectivity index (χ2v) is 31.7. The Bertz CT molecular complexity index is 5040. The van der Waals surface area contributed by atoms with Gasteiger partial charge >= 0.3 is 18.0 Å². The molecule has 2 fully saturated rings. The van der Waals surface area contributed by atoms with Crippen LogP contribution in [0.2, 0.25) is 0 Å². The van der Waals surface area contributed by atoms with E-state index in [0.29, 0.717) is 52.7 Å². The smallest absolute Gasteiger partial charge is 0.416 e. The van der Waals surface area contributed by atoms with Gasteiger partial charge in [0.25, 0.3) is 23.6 Å². The number of anilines is 2. The predicted molar refractivity (Wildman–Crippen MR) is 438 cm³/mol. The summed E-state index contributed by atoms with van der Waals surface area (Å²) >= 11 is 0. The lowest BCUT2D eigenvalue weighted by molar-refractivity contribution is -0.195. The highest BCUT2D eigenvalue weighted by Crippen LogP contribution is 2.44. The fourth-order valence-electron chi connectivity index (χ4n) is 14.8. The van der Waals surface area contributed by atoms with Crippen molar-refractivity contribution in [2.75, 3.05) is 63.5 Å². The van der Waals surface area contributed by atoms with Gasteiger partial charge in [0.1, 0.15) is 23.7 Å². The minimum Gasteiger partial charge on any atom is -0.493 e. The minimum absolute atomic E-state index is 0.00229. The number of aryl methyl sites for hydroxylation is 2. The van der Waals surface area contributed by atoms with Crippen LogP contribution in [-0.2, 0) is 100 Å². The van der Waals surface area contributed by atoms with Gasteiger partial charge in [-0.25, -0.2) is 19.5 Å². The highest BCUT2D eigenvalue weighted by Gasteiger charge is 2.49. The molecular weight excluding hydrogens is 1550 g/mol. The van der Waals surface area contributed by atoms with Crippen LogP contribution in [0.4, 0.5) is 16.3 Å². The Kier molecular flexibility index (Phi) is 29.7. The molecule has 0 saturated carbocycles. The molecule has 3 aromatic heterocycles. The van der Waals surface area contributed by atoms with E-state index in [-0.39, 0.29) is 173 Å². The van der Waals surface area contributed by atoms with Gasteiger partial charge in [-0.15, -0.1) is 0 Å². The maximum absolute atomic E-state index is 15.1. The van der Waals surface area contributed by atoms with E-state index >= 15 is 4.79 Å². The Morgan fingerprint density at radius 2 is 1.43 bits per heavy atom. The van der Waals surface area contributed by atoms with Crippen molar-refractivity contribution in [2.24, 2.45) is 25.9 Å². The number of carboxylic acids is 1. The van der Waals surface area contributed by atoms with E-state index in [9.17, 15) is 62.6 Å². The van der Waals surface area contributed by atoms with Crippen molar-refractivity contribution < 1.29 is 105 Å². The number of hydrogen-bond acceptors (Lipinski definition) is 22. The molecule has 636 valence electrons. The molecule has 120 heavy (non-hydrogen) atoms. The fourth-order valence-corrected chi connectivity index (χ4v) is 14.8. The van der Waals surface area contributed by atoms with Crippen LogP contribution in [0.3, 0.4) is 0 Å². The number of ether oxygens (including phenoxy) is 8. The minimum atomic E-state index is -1.33. The summed E-state index contributed by atoms with van der Waals surface area (Å²) in [5.41, 5.74) is 4.74. The Balaban J connectivity index is 0.676. The first-order valence-corrected chi connectivity index (χ1v) is 40.3. The molecule has 4 aromatic carbocycles. The number of aromatic nitrogens is 4. The van der Waals surface area contributed by atoms with Gasteiger partial charge in [0.15, 0.2) is 47.2 Å². The third kappa shape index (κ3) is 22.7. The monoisotopic (exact) mass is 1650 g/mol. The summed E-state index contributed by atoms with van der Waals surface area (Å²) in [6, 6.07) is 22.0. The van der Waals surface area contributed by atoms with Crippen LogP contribution in [0.15, 0.2) is 134 Å². The van der Waals surface area contributed by atoms with Gasteiger partial charge in [-0.1, -0.05) is 74.5 Å². The molecule has 0 spiro atoms. The zero-order chi connectivity index (χ0) is 86.2. The van der Waals surface area contributed by atoms with Gasteiger partial charge in [0, 0.05) is 126 Å². The lowest BCUT2D eigenvalue weighted by atomic mass is 9.86. The summed E-state index contributed by atoms with van der Waals surface area (Å²) in [7, 11) is 4.81. The molecule has 3 N–H and O–H groups in total. The maximum atomic E-state index is 15.1. The largest absolute Gasteiger partial charge is 0.493 e. The third-order valence-electron chi connectivity index (χ3n) is 21.1. The van der Waals surface area contributed by atoms with Gasteiger partial charge < -0.3 is 67.7 Å². The highest BCUT2D eigenvalue weighted by molar-refractivity contribution is 6.15. The van der Waals surface area contributed by atoms with E-state index < -0.39 is 102 Å². The molecule has 4 aliphatic rings. The molecule has 11 rings (SSSR count). The summed E-state index contributed by atoms with van der Waals surface area (Å²) in [5.74, 6) is -7.00. The Labute approximate surface area is 694 Å². The molecule has 6 amide bonds. The van der Waals surface area contributed by atoms with Gasteiger partial charge in [0.05, 0.1) is 80.4 Å². The number of esters is 1. The number of methoxy groups -OCH3 is 1. The van der Waals surface area contributed by atoms with E-state index in [4.69, 9.17) is 37.9 Å². The van der Waals surface area contributed by atoms with Crippen LogP contribution < -0.4 is 25.0 Å². The summed E-state index contributed by atoms with van der Waals surface area (Å²) in [5, 5.41) is 15.6. The number of benzene rings is 4. The number of aromatic carboxylic acids is 1. The quantitative estimate of drug-likeness (QED) is 0.0106. The molecule has 4 aliphatic heterocycles. The number of carboxylic acid groups (broad SMARTS) is 1. The molecule has 0 radical (unpaired) electrons. The summed E-state index contributed by atoms with van der Waals surface area (Å²) in [6.07, 6.45) is 6.49. The number of nitrogens with zero attached hydrogens (tertiary/aromatic N) is 7. The molecular formula is C89H103N9O22. The number of carbonyl (C=O) groups is 13. The summed E-state index contributed by atoms with van der Waals surface area (Å²) in [4.78, 5) is 184. The first-order chi connectivity index (χ1) is 57.3. The highest BCUT2D eigenvalue weighted by atomic mass is 16.7. The van der Waals surface area contributed by atoms with Crippen LogP contribution in [0, 0.1) is 11.8 Å². The van der Waals surface area contributed by atoms with Crippen molar-refractivity contribution in [2.45, 2.75) is 174 Å². The number of amides is 6. The Hall–Kier alpha value is -12.1. The van der Waals surface area contributed by atoms with Crippen LogP contribution in [0.5, 0.6) is 11.5 Å². The van der Waals surface area contributed by atoms with E-state index in [1.54, 1.807) is 107 Å². The fraction of sp³-hybridized carbons (Fsp3) is 0.438. The van der Waals surface area contributed by atoms with Crippen molar-refractivity contribution in [3.8, 4) is 22.6 Å². The van der Waals surface area contributed by atoms with Crippen molar-refractivity contribution in [1.29, 1.82) is 0 Å². The lowest BCUT2D eigenvalue weighted by Gasteiger charge is -2.38. The van der Waals surface area contributed by atoms with E-state index in [2.05, 4.69) is 22.2 Å². The summed E-state index contributed by atoms with van der Waals surface area (Å²) in [6.45, 7) is 15.7. The molecule has 1 unspecified atom stereocenters. The topological polar surface area (TPSA) is 377 Å². The summed E-state index contributed by atoms with van der Waals surface area (Å²) < 4.78 is 52.1. The van der Waals surface area contributed by atoms with Gasteiger partial charge in [-0.3, -0.25) is 62.2 Å². The number of rotatable bonds is 40. The molecule has 31 nitrogen and oxygen atoms in total. The number of fused-ring (bicyclic) bond motifs is 3. The predicted octanol–water partition coefficient (Wildman–Crippen LogP) is 10.8. The third-order valence-corrected chi connectivity index (χ3v) is 21.1. The number of ketones is 4. The maximum Gasteiger partial charge on any atom is 0.416 e. The van der Waals surface area contributed by atoms with Crippen molar-refractivity contribution >= 4 is 99.0 Å². The van der Waals surface area contributed by atoms with Crippen molar-refractivity contribution in [1.82, 2.24) is 33.8 Å². The molecule has 0 aliphatic carbocycles. The van der Waals surface area contributed by atoms with Crippen LogP contribution in [0.25, 0.3) is 22.0 Å². The first-order valence-electron chi connectivity index (χ1n) is 40.3. The second-order valence-electron chi connectivity index (χ2n) is 31.7. The van der Waals surface area contributed by atoms with Crippen LogP contribution in [0.1, 0.15) is 177 Å². The lowest BCUT2D eigenvalue weighted by Crippen LogP contribution is -2.54. The van der Waals surface area contributed by atoms with Crippen molar-refractivity contribution in [3.63, 3.8) is 0 Å². The SMILES string of the molecule is C=C1C[C@H]2[C@H](OC3CCCCO3)N(C(=O)OCc3ccc(CC(=O)[C@H](C)NC(=O)[C@@H](CC(=O)[C@H](CCC(=O)CCCOCCOCCC(=O)OC(C)(C)C)N4C(=O)C=CC4=O)C(C)C)cc3)c3cc(OCCCC(=O)Nc4cn(C)c(C(=O)Cc5ccc(-c6cc(C(=O)n7ccc8cc(C(=O)O)ccc87)n(C)c6)cc5)n4)c(OC)cc3C(=O)N2C1. The standard InChI is InChI=1S/C89H103N9O22/c1-53(2)64(46-72(101)67(97-78(104)30-31-79(97)105)29-27-63(99)15-13-35-114-39-40-115-38-33-80(106)120-89(5,6)7)83(107)90-55(4)71(100)42-56-18-20-58(21-19-56)52-118-88(112)98-68-48-75(74(113-10)47-65(68)84(108)96-49-54(3)41-70(96)86(98)119-81-17-11-12-36-117-81)116-37-14-16-77(103)91-76-51-94(9)82(92-76)73(102)43-57-22-24-59(25-23-57)62-45-69(93(8)50-62)85(109)95-34-32-60-44-61(87(110)111)26-28-66(60)95/h18-26,28,30-32,34,44-45,47-48,50-51,53,55,64,67,70,81,86H,3,11-17,27,29,33,35-43,46,49,52H2,1-2,4-10H3,(H,90,107)(H,91,103)(H,110,111)/t55-,64-,67-,70-,81?,86-/m0/s1. The number of carbonyl (C=O) groups excluding carboxylic acids is 12. The normalized spacial score (nSPS) is 16.7. The van der Waals surface area contributed by atoms with Crippen LogP contribution in [-0.4, -0.2) is 200 Å². The molecule has 7 aromatic rings. The van der Waals surface area contributed by atoms with Crippen LogP contribution >= 0.6 is 0 Å². The Morgan fingerprint density at radius 1 is 0.733 bits per heavy atom. The molecule has 0 bridgehead atoms.